The Morgan fingerprint density at radius 1 is 1.35 bits per heavy atom. The fourth-order valence-electron chi connectivity index (χ4n) is 3.62. The van der Waals surface area contributed by atoms with Crippen molar-refractivity contribution in [3.63, 3.8) is 0 Å². The van der Waals surface area contributed by atoms with Gasteiger partial charge in [0.1, 0.15) is 5.78 Å². The topological polar surface area (TPSA) is 26.3 Å². The molecule has 1 saturated carbocycles. The van der Waals surface area contributed by atoms with Crippen molar-refractivity contribution in [3.8, 4) is 0 Å². The van der Waals surface area contributed by atoms with Gasteiger partial charge in [-0.05, 0) is 31.6 Å². The van der Waals surface area contributed by atoms with Crippen molar-refractivity contribution in [2.75, 3.05) is 6.61 Å². The quantitative estimate of drug-likeness (QED) is 0.749. The molecule has 17 heavy (non-hydrogen) atoms. The van der Waals surface area contributed by atoms with Gasteiger partial charge in [-0.2, -0.15) is 0 Å². The molecule has 2 aliphatic rings. The fourth-order valence-corrected chi connectivity index (χ4v) is 3.62. The first kappa shape index (κ1) is 13.1. The molecule has 0 N–H and O–H groups in total. The Hall–Kier alpha value is -0.370. The molecule has 1 spiro atoms. The Morgan fingerprint density at radius 2 is 2.06 bits per heavy atom. The summed E-state index contributed by atoms with van der Waals surface area (Å²) in [6, 6.07) is 0. The van der Waals surface area contributed by atoms with Crippen LogP contribution in [0.3, 0.4) is 0 Å². The van der Waals surface area contributed by atoms with Crippen LogP contribution in [0.2, 0.25) is 0 Å². The summed E-state index contributed by atoms with van der Waals surface area (Å²) < 4.78 is 6.09. The second kappa shape index (κ2) is 5.51. The summed E-state index contributed by atoms with van der Waals surface area (Å²) in [5.74, 6) is 1.24. The molecule has 0 aromatic rings. The molecule has 98 valence electrons. The highest BCUT2D eigenvalue weighted by atomic mass is 16.5. The van der Waals surface area contributed by atoms with Gasteiger partial charge in [0.05, 0.1) is 5.60 Å². The van der Waals surface area contributed by atoms with Crippen LogP contribution in [0.1, 0.15) is 65.2 Å². The van der Waals surface area contributed by atoms with E-state index in [2.05, 4.69) is 6.92 Å². The zero-order chi connectivity index (χ0) is 12.3. The van der Waals surface area contributed by atoms with Crippen molar-refractivity contribution in [1.29, 1.82) is 0 Å². The second-order valence-electron chi connectivity index (χ2n) is 5.95. The van der Waals surface area contributed by atoms with Crippen molar-refractivity contribution in [2.45, 2.75) is 70.8 Å². The lowest BCUT2D eigenvalue weighted by molar-refractivity contribution is -0.137. The normalized spacial score (nSPS) is 30.1. The average Bonchev–Trinajstić information content (AvgIpc) is 2.38. The minimum Gasteiger partial charge on any atom is -0.375 e. The largest absolute Gasteiger partial charge is 0.375 e. The summed E-state index contributed by atoms with van der Waals surface area (Å²) in [6.07, 6.45) is 9.30. The Kier molecular flexibility index (Phi) is 4.24. The SMILES string of the molecule is CCC(=O)C(C)C1CCOC2(CCCCC2)C1. The summed E-state index contributed by atoms with van der Waals surface area (Å²) >= 11 is 0. The number of rotatable bonds is 3. The number of carbonyl (C=O) groups excluding carboxylic acids is 1. The predicted molar refractivity (Wildman–Crippen MR) is 69.0 cm³/mol. The molecule has 1 saturated heterocycles. The Bertz CT molecular complexity index is 261. The van der Waals surface area contributed by atoms with Crippen molar-refractivity contribution in [1.82, 2.24) is 0 Å². The fraction of sp³-hybridized carbons (Fsp3) is 0.933. The van der Waals surface area contributed by atoms with E-state index in [-0.39, 0.29) is 11.5 Å². The van der Waals surface area contributed by atoms with E-state index in [1.807, 2.05) is 6.92 Å². The van der Waals surface area contributed by atoms with E-state index >= 15 is 0 Å². The van der Waals surface area contributed by atoms with Crippen LogP contribution in [-0.2, 0) is 9.53 Å². The number of ether oxygens (including phenoxy) is 1. The second-order valence-corrected chi connectivity index (χ2v) is 5.95. The van der Waals surface area contributed by atoms with Crippen molar-refractivity contribution in [2.24, 2.45) is 11.8 Å². The number of hydrogen-bond donors (Lipinski definition) is 0. The number of carbonyl (C=O) groups is 1. The Morgan fingerprint density at radius 3 is 2.71 bits per heavy atom. The van der Waals surface area contributed by atoms with E-state index in [1.165, 1.54) is 32.1 Å². The predicted octanol–water partition coefficient (Wildman–Crippen LogP) is 3.73. The molecular formula is C15H26O2. The number of Topliss-reactive ketones (excluding diaryl/α,β-unsaturated/α-hetero) is 1. The molecule has 1 aliphatic heterocycles. The summed E-state index contributed by atoms with van der Waals surface area (Å²) in [5, 5.41) is 0. The van der Waals surface area contributed by atoms with Crippen LogP contribution in [-0.4, -0.2) is 18.0 Å². The van der Waals surface area contributed by atoms with Crippen LogP contribution in [0.25, 0.3) is 0 Å². The van der Waals surface area contributed by atoms with E-state index in [4.69, 9.17) is 4.74 Å². The maximum Gasteiger partial charge on any atom is 0.135 e. The van der Waals surface area contributed by atoms with Gasteiger partial charge in [-0.3, -0.25) is 4.79 Å². The Labute approximate surface area is 105 Å². The zero-order valence-electron chi connectivity index (χ0n) is 11.3. The summed E-state index contributed by atoms with van der Waals surface area (Å²) in [6.45, 7) is 4.97. The van der Waals surface area contributed by atoms with Crippen molar-refractivity contribution in [3.05, 3.63) is 0 Å². The van der Waals surface area contributed by atoms with Crippen molar-refractivity contribution < 1.29 is 9.53 Å². The summed E-state index contributed by atoms with van der Waals surface area (Å²) in [4.78, 5) is 11.8. The van der Waals surface area contributed by atoms with Gasteiger partial charge in [0.25, 0.3) is 0 Å². The lowest BCUT2D eigenvalue weighted by Gasteiger charge is -2.44. The molecule has 2 atom stereocenters. The molecule has 1 aliphatic carbocycles. The third-order valence-electron chi connectivity index (χ3n) is 4.86. The lowest BCUT2D eigenvalue weighted by Crippen LogP contribution is -2.43. The molecule has 0 aromatic heterocycles. The zero-order valence-corrected chi connectivity index (χ0v) is 11.3. The van der Waals surface area contributed by atoms with E-state index in [0.717, 1.165) is 19.4 Å². The molecule has 0 radical (unpaired) electrons. The molecule has 2 fully saturated rings. The number of hydrogen-bond acceptors (Lipinski definition) is 2. The molecule has 2 nitrogen and oxygen atoms in total. The van der Waals surface area contributed by atoms with Gasteiger partial charge in [-0.15, -0.1) is 0 Å². The van der Waals surface area contributed by atoms with Gasteiger partial charge >= 0.3 is 0 Å². The standard InChI is InChI=1S/C15H26O2/c1-3-14(16)12(2)13-7-10-17-15(11-13)8-5-4-6-9-15/h12-13H,3-11H2,1-2H3. The molecule has 0 amide bonds. The molecule has 0 aromatic carbocycles. The van der Waals surface area contributed by atoms with Gasteiger partial charge in [0.2, 0.25) is 0 Å². The maximum atomic E-state index is 11.8. The average molecular weight is 238 g/mol. The maximum absolute atomic E-state index is 11.8. The van der Waals surface area contributed by atoms with Gasteiger partial charge in [0, 0.05) is 18.9 Å². The van der Waals surface area contributed by atoms with Crippen LogP contribution in [0, 0.1) is 11.8 Å². The first-order valence-corrected chi connectivity index (χ1v) is 7.33. The monoisotopic (exact) mass is 238 g/mol. The van der Waals surface area contributed by atoms with Gasteiger partial charge in [-0.1, -0.05) is 33.1 Å². The molecule has 2 unspecified atom stereocenters. The summed E-state index contributed by atoms with van der Waals surface area (Å²) in [7, 11) is 0. The van der Waals surface area contributed by atoms with Crippen LogP contribution >= 0.6 is 0 Å². The first-order chi connectivity index (χ1) is 8.17. The highest BCUT2D eigenvalue weighted by molar-refractivity contribution is 5.80. The van der Waals surface area contributed by atoms with E-state index in [1.54, 1.807) is 0 Å². The minimum absolute atomic E-state index is 0.142. The highest BCUT2D eigenvalue weighted by Crippen LogP contribution is 2.42. The van der Waals surface area contributed by atoms with Gasteiger partial charge in [-0.25, -0.2) is 0 Å². The number of ketones is 1. The Balaban J connectivity index is 1.98. The smallest absolute Gasteiger partial charge is 0.135 e. The van der Waals surface area contributed by atoms with Crippen molar-refractivity contribution >= 4 is 5.78 Å². The van der Waals surface area contributed by atoms with E-state index in [0.29, 0.717) is 18.1 Å². The van der Waals surface area contributed by atoms with Gasteiger partial charge < -0.3 is 4.74 Å². The molecular weight excluding hydrogens is 212 g/mol. The van der Waals surface area contributed by atoms with Crippen LogP contribution in [0.4, 0.5) is 0 Å². The van der Waals surface area contributed by atoms with Gasteiger partial charge in [0.15, 0.2) is 0 Å². The van der Waals surface area contributed by atoms with E-state index < -0.39 is 0 Å². The van der Waals surface area contributed by atoms with Crippen LogP contribution in [0.15, 0.2) is 0 Å². The minimum atomic E-state index is 0.142. The third kappa shape index (κ3) is 2.90. The van der Waals surface area contributed by atoms with Crippen LogP contribution < -0.4 is 0 Å². The van der Waals surface area contributed by atoms with Crippen LogP contribution in [0.5, 0.6) is 0 Å². The molecule has 2 heteroatoms. The first-order valence-electron chi connectivity index (χ1n) is 7.33. The highest BCUT2D eigenvalue weighted by Gasteiger charge is 2.40. The van der Waals surface area contributed by atoms with E-state index in [9.17, 15) is 4.79 Å². The molecule has 2 rings (SSSR count). The molecule has 0 bridgehead atoms. The lowest BCUT2D eigenvalue weighted by atomic mass is 9.72. The molecule has 1 heterocycles. The third-order valence-corrected chi connectivity index (χ3v) is 4.86. The summed E-state index contributed by atoms with van der Waals surface area (Å²) in [5.41, 5.74) is 0.142.